The van der Waals surface area contributed by atoms with Gasteiger partial charge in [-0.05, 0) is 24.1 Å². The molecular formula is C13H17ClO. The lowest BCUT2D eigenvalue weighted by Crippen LogP contribution is -1.91. The molecule has 82 valence electrons. The summed E-state index contributed by atoms with van der Waals surface area (Å²) in [6, 6.07) is 7.27. The SMILES string of the molecule is CCCC/C=C/[C@H](O)c1ccc(Cl)cc1. The second kappa shape index (κ2) is 6.65. The monoisotopic (exact) mass is 224 g/mol. The Kier molecular flexibility index (Phi) is 5.44. The van der Waals surface area contributed by atoms with Crippen LogP contribution in [0.25, 0.3) is 0 Å². The van der Waals surface area contributed by atoms with E-state index in [1.165, 1.54) is 12.8 Å². The lowest BCUT2D eigenvalue weighted by atomic mass is 10.1. The van der Waals surface area contributed by atoms with E-state index in [4.69, 9.17) is 11.6 Å². The topological polar surface area (TPSA) is 20.2 Å². The Labute approximate surface area is 96.4 Å². The van der Waals surface area contributed by atoms with E-state index < -0.39 is 6.10 Å². The second-order valence-corrected chi connectivity index (χ2v) is 4.00. The van der Waals surface area contributed by atoms with Crippen molar-refractivity contribution in [3.8, 4) is 0 Å². The first-order chi connectivity index (χ1) is 7.24. The Morgan fingerprint density at radius 3 is 2.60 bits per heavy atom. The van der Waals surface area contributed by atoms with Crippen LogP contribution in [0.15, 0.2) is 36.4 Å². The van der Waals surface area contributed by atoms with Crippen LogP contribution in [0.3, 0.4) is 0 Å². The molecule has 0 saturated heterocycles. The quantitative estimate of drug-likeness (QED) is 0.589. The molecule has 1 rings (SSSR count). The third-order valence-electron chi connectivity index (χ3n) is 2.25. The van der Waals surface area contributed by atoms with E-state index >= 15 is 0 Å². The van der Waals surface area contributed by atoms with E-state index in [1.54, 1.807) is 12.1 Å². The molecule has 1 nitrogen and oxygen atoms in total. The fraction of sp³-hybridized carbons (Fsp3) is 0.385. The molecule has 1 atom stereocenters. The molecule has 15 heavy (non-hydrogen) atoms. The van der Waals surface area contributed by atoms with Crippen LogP contribution < -0.4 is 0 Å². The number of benzene rings is 1. The number of halogens is 1. The van der Waals surface area contributed by atoms with Gasteiger partial charge in [-0.3, -0.25) is 0 Å². The van der Waals surface area contributed by atoms with E-state index in [2.05, 4.69) is 6.92 Å². The average molecular weight is 225 g/mol. The van der Waals surface area contributed by atoms with E-state index in [-0.39, 0.29) is 0 Å². The highest BCUT2D eigenvalue weighted by Gasteiger charge is 2.01. The smallest absolute Gasteiger partial charge is 0.0971 e. The number of rotatable bonds is 5. The van der Waals surface area contributed by atoms with Gasteiger partial charge in [0.1, 0.15) is 0 Å². The molecule has 0 heterocycles. The van der Waals surface area contributed by atoms with Crippen molar-refractivity contribution in [2.24, 2.45) is 0 Å². The lowest BCUT2D eigenvalue weighted by molar-refractivity contribution is 0.228. The zero-order chi connectivity index (χ0) is 11.1. The lowest BCUT2D eigenvalue weighted by Gasteiger charge is -2.05. The van der Waals surface area contributed by atoms with Gasteiger partial charge in [0.2, 0.25) is 0 Å². The Bertz CT molecular complexity index is 303. The summed E-state index contributed by atoms with van der Waals surface area (Å²) in [4.78, 5) is 0. The maximum absolute atomic E-state index is 9.78. The second-order valence-electron chi connectivity index (χ2n) is 3.57. The minimum atomic E-state index is -0.515. The molecule has 0 amide bonds. The van der Waals surface area contributed by atoms with E-state index in [1.807, 2.05) is 24.3 Å². The first kappa shape index (κ1) is 12.3. The molecule has 1 N–H and O–H groups in total. The zero-order valence-corrected chi connectivity index (χ0v) is 9.74. The van der Waals surface area contributed by atoms with Crippen molar-refractivity contribution in [1.29, 1.82) is 0 Å². The minimum absolute atomic E-state index is 0.515. The van der Waals surface area contributed by atoms with Crippen molar-refractivity contribution < 1.29 is 5.11 Å². The summed E-state index contributed by atoms with van der Waals surface area (Å²) < 4.78 is 0. The maximum Gasteiger partial charge on any atom is 0.0971 e. The highest BCUT2D eigenvalue weighted by atomic mass is 35.5. The summed E-state index contributed by atoms with van der Waals surface area (Å²) in [5, 5.41) is 10.5. The number of hydrogen-bond donors (Lipinski definition) is 1. The number of allylic oxidation sites excluding steroid dienone is 1. The Morgan fingerprint density at radius 2 is 2.00 bits per heavy atom. The van der Waals surface area contributed by atoms with Crippen molar-refractivity contribution in [2.75, 3.05) is 0 Å². The molecular weight excluding hydrogens is 208 g/mol. The van der Waals surface area contributed by atoms with Gasteiger partial charge in [0.15, 0.2) is 0 Å². The van der Waals surface area contributed by atoms with Crippen molar-refractivity contribution in [3.05, 3.63) is 47.0 Å². The maximum atomic E-state index is 9.78. The Balaban J connectivity index is 2.49. The summed E-state index contributed by atoms with van der Waals surface area (Å²) in [6.45, 7) is 2.16. The Hall–Kier alpha value is -0.790. The minimum Gasteiger partial charge on any atom is -0.384 e. The first-order valence-corrected chi connectivity index (χ1v) is 5.72. The van der Waals surface area contributed by atoms with Gasteiger partial charge in [-0.25, -0.2) is 0 Å². The van der Waals surface area contributed by atoms with Crippen LogP contribution in [0.5, 0.6) is 0 Å². The van der Waals surface area contributed by atoms with Gasteiger partial charge in [-0.2, -0.15) is 0 Å². The molecule has 1 aromatic rings. The van der Waals surface area contributed by atoms with Crippen LogP contribution in [0.2, 0.25) is 5.02 Å². The number of aliphatic hydroxyl groups excluding tert-OH is 1. The van der Waals surface area contributed by atoms with Crippen LogP contribution >= 0.6 is 11.6 Å². The summed E-state index contributed by atoms with van der Waals surface area (Å²) in [5.41, 5.74) is 0.882. The highest BCUT2D eigenvalue weighted by Crippen LogP contribution is 2.17. The van der Waals surface area contributed by atoms with E-state index in [0.29, 0.717) is 5.02 Å². The molecule has 0 unspecified atom stereocenters. The number of hydrogen-bond acceptors (Lipinski definition) is 1. The molecule has 2 heteroatoms. The average Bonchev–Trinajstić information content (AvgIpc) is 2.25. The van der Waals surface area contributed by atoms with Crippen molar-refractivity contribution in [3.63, 3.8) is 0 Å². The van der Waals surface area contributed by atoms with E-state index in [0.717, 1.165) is 12.0 Å². The summed E-state index contributed by atoms with van der Waals surface area (Å²) >= 11 is 5.76. The molecule has 0 bridgehead atoms. The van der Waals surface area contributed by atoms with Crippen LogP contribution in [-0.2, 0) is 0 Å². The van der Waals surface area contributed by atoms with Gasteiger partial charge in [0.05, 0.1) is 6.10 Å². The predicted molar refractivity (Wildman–Crippen MR) is 65.1 cm³/mol. The summed E-state index contributed by atoms with van der Waals surface area (Å²) in [6.07, 6.45) is 6.73. The van der Waals surface area contributed by atoms with Gasteiger partial charge in [0.25, 0.3) is 0 Å². The van der Waals surface area contributed by atoms with Gasteiger partial charge in [-0.1, -0.05) is 55.7 Å². The largest absolute Gasteiger partial charge is 0.384 e. The van der Waals surface area contributed by atoms with Crippen LogP contribution in [0, 0.1) is 0 Å². The molecule has 1 aromatic carbocycles. The third kappa shape index (κ3) is 4.50. The van der Waals surface area contributed by atoms with Crippen molar-refractivity contribution in [1.82, 2.24) is 0 Å². The van der Waals surface area contributed by atoms with Crippen LogP contribution in [-0.4, -0.2) is 5.11 Å². The highest BCUT2D eigenvalue weighted by molar-refractivity contribution is 6.30. The molecule has 0 aromatic heterocycles. The molecule has 0 aliphatic carbocycles. The predicted octanol–water partition coefficient (Wildman–Crippen LogP) is 4.12. The Morgan fingerprint density at radius 1 is 1.33 bits per heavy atom. The van der Waals surface area contributed by atoms with Crippen LogP contribution in [0.4, 0.5) is 0 Å². The van der Waals surface area contributed by atoms with Gasteiger partial charge in [0, 0.05) is 5.02 Å². The van der Waals surface area contributed by atoms with E-state index in [9.17, 15) is 5.11 Å². The fourth-order valence-corrected chi connectivity index (χ4v) is 1.44. The molecule has 0 aliphatic heterocycles. The zero-order valence-electron chi connectivity index (χ0n) is 8.99. The molecule has 0 spiro atoms. The molecule has 0 fully saturated rings. The first-order valence-electron chi connectivity index (χ1n) is 5.34. The van der Waals surface area contributed by atoms with Gasteiger partial charge >= 0.3 is 0 Å². The molecule has 0 aliphatic rings. The normalized spacial score (nSPS) is 13.3. The number of unbranched alkanes of at least 4 members (excludes halogenated alkanes) is 2. The summed E-state index contributed by atoms with van der Waals surface area (Å²) in [7, 11) is 0. The van der Waals surface area contributed by atoms with Crippen molar-refractivity contribution in [2.45, 2.75) is 32.3 Å². The van der Waals surface area contributed by atoms with Crippen molar-refractivity contribution >= 4 is 11.6 Å². The third-order valence-corrected chi connectivity index (χ3v) is 2.51. The molecule has 0 saturated carbocycles. The fourth-order valence-electron chi connectivity index (χ4n) is 1.32. The summed E-state index contributed by atoms with van der Waals surface area (Å²) in [5.74, 6) is 0. The van der Waals surface area contributed by atoms with Gasteiger partial charge < -0.3 is 5.11 Å². The molecule has 0 radical (unpaired) electrons. The van der Waals surface area contributed by atoms with Crippen LogP contribution in [0.1, 0.15) is 37.9 Å². The van der Waals surface area contributed by atoms with Gasteiger partial charge in [-0.15, -0.1) is 0 Å². The number of aliphatic hydroxyl groups is 1. The standard InChI is InChI=1S/C13H17ClO/c1-2-3-4-5-6-13(15)11-7-9-12(14)10-8-11/h5-10,13,15H,2-4H2,1H3/b6-5+/t13-/m0/s1.